The van der Waals surface area contributed by atoms with Crippen molar-refractivity contribution in [1.29, 1.82) is 0 Å². The zero-order valence-electron chi connectivity index (χ0n) is 24.9. The van der Waals surface area contributed by atoms with Gasteiger partial charge in [-0.05, 0) is 60.7 Å². The molecule has 1 amide bonds. The Bertz CT molecular complexity index is 2010. The molecule has 0 atom stereocenters. The normalized spacial score (nSPS) is 13.8. The van der Waals surface area contributed by atoms with E-state index in [9.17, 15) is 28.4 Å². The number of nitro benzene ring substituents is 1. The van der Waals surface area contributed by atoms with Crippen LogP contribution in [-0.4, -0.2) is 83.5 Å². The molecule has 14 nitrogen and oxygen atoms in total. The Labute approximate surface area is 273 Å². The summed E-state index contributed by atoms with van der Waals surface area (Å²) in [6.45, 7) is 3.09. The summed E-state index contributed by atoms with van der Waals surface area (Å²) in [5, 5.41) is 26.7. The fraction of sp³-hybridized carbons (Fsp3) is 0.194. The molecule has 4 N–H and O–H groups in total. The van der Waals surface area contributed by atoms with Crippen molar-refractivity contribution in [2.45, 2.75) is 4.90 Å². The van der Waals surface area contributed by atoms with E-state index in [-0.39, 0.29) is 28.2 Å². The molecule has 1 saturated heterocycles. The minimum Gasteiger partial charge on any atom is -0.395 e. The van der Waals surface area contributed by atoms with Gasteiger partial charge < -0.3 is 20.6 Å². The van der Waals surface area contributed by atoms with Gasteiger partial charge in [-0.1, -0.05) is 17.4 Å². The second-order valence-corrected chi connectivity index (χ2v) is 13.3. The highest BCUT2D eigenvalue weighted by Crippen LogP contribution is 2.35. The van der Waals surface area contributed by atoms with Crippen LogP contribution in [0.4, 0.5) is 33.7 Å². The first-order chi connectivity index (χ1) is 22.7. The molecule has 0 spiro atoms. The largest absolute Gasteiger partial charge is 0.395 e. The molecule has 0 saturated carbocycles. The molecule has 5 aromatic rings. The van der Waals surface area contributed by atoms with Crippen molar-refractivity contribution in [2.24, 2.45) is 0 Å². The van der Waals surface area contributed by atoms with Crippen molar-refractivity contribution >= 4 is 71.2 Å². The zero-order valence-corrected chi connectivity index (χ0v) is 26.5. The quantitative estimate of drug-likeness (QED) is 0.113. The van der Waals surface area contributed by atoms with Crippen LogP contribution in [0.15, 0.2) is 90.0 Å². The van der Waals surface area contributed by atoms with Crippen LogP contribution in [0.25, 0.3) is 10.2 Å². The summed E-state index contributed by atoms with van der Waals surface area (Å²) < 4.78 is 29.8. The van der Waals surface area contributed by atoms with Gasteiger partial charge in [0.25, 0.3) is 21.6 Å². The van der Waals surface area contributed by atoms with Crippen molar-refractivity contribution < 1.29 is 23.2 Å². The van der Waals surface area contributed by atoms with Crippen LogP contribution in [-0.2, 0) is 10.0 Å². The third-order valence-electron chi connectivity index (χ3n) is 7.53. The van der Waals surface area contributed by atoms with Gasteiger partial charge in [0.1, 0.15) is 5.82 Å². The predicted octanol–water partition coefficient (Wildman–Crippen LogP) is 4.64. The maximum atomic E-state index is 13.3. The predicted molar refractivity (Wildman–Crippen MR) is 180 cm³/mol. The molecule has 3 heterocycles. The number of sulfonamides is 1. The van der Waals surface area contributed by atoms with Gasteiger partial charge in [-0.2, -0.15) is 0 Å². The highest BCUT2D eigenvalue weighted by molar-refractivity contribution is 7.93. The molecule has 1 aliphatic rings. The Kier molecular flexibility index (Phi) is 9.26. The Morgan fingerprint density at radius 1 is 0.936 bits per heavy atom. The number of aliphatic hydroxyl groups excluding tert-OH is 1. The second kappa shape index (κ2) is 13.7. The first-order valence-electron chi connectivity index (χ1n) is 14.6. The number of hydrogen-bond donors (Lipinski definition) is 4. The lowest BCUT2D eigenvalue weighted by molar-refractivity contribution is -0.384. The number of benzene rings is 3. The number of pyridine rings is 1. The summed E-state index contributed by atoms with van der Waals surface area (Å²) in [4.78, 5) is 36.5. The van der Waals surface area contributed by atoms with Crippen LogP contribution in [0.1, 0.15) is 10.4 Å². The maximum Gasteiger partial charge on any atom is 0.269 e. The van der Waals surface area contributed by atoms with Crippen LogP contribution in [0.2, 0.25) is 0 Å². The van der Waals surface area contributed by atoms with E-state index in [1.54, 1.807) is 59.6 Å². The number of carbonyl (C=O) groups is 1. The molecule has 242 valence electrons. The molecule has 1 fully saturated rings. The van der Waals surface area contributed by atoms with Crippen molar-refractivity contribution in [3.05, 3.63) is 101 Å². The van der Waals surface area contributed by atoms with Crippen LogP contribution in [0, 0.1) is 10.1 Å². The molecular formula is C31H30N8O6S2. The number of carbonyl (C=O) groups excluding carboxylic acids is 1. The maximum absolute atomic E-state index is 13.3. The molecule has 6 rings (SSSR count). The van der Waals surface area contributed by atoms with E-state index in [1.165, 1.54) is 24.3 Å². The number of non-ortho nitro benzene ring substituents is 1. The smallest absolute Gasteiger partial charge is 0.269 e. The summed E-state index contributed by atoms with van der Waals surface area (Å²) in [7, 11) is -3.99. The third-order valence-corrected chi connectivity index (χ3v) is 10.0. The number of β-amino-alcohol motifs (C(OH)–C–C–N with tert-alkyl or cyclic N) is 1. The van der Waals surface area contributed by atoms with Gasteiger partial charge in [0.15, 0.2) is 5.13 Å². The number of aromatic nitrogens is 2. The van der Waals surface area contributed by atoms with E-state index in [1.807, 2.05) is 6.07 Å². The van der Waals surface area contributed by atoms with Crippen molar-refractivity contribution in [3.8, 4) is 0 Å². The minimum absolute atomic E-state index is 0.0182. The summed E-state index contributed by atoms with van der Waals surface area (Å²) >= 11 is 1.15. The summed E-state index contributed by atoms with van der Waals surface area (Å²) in [5.74, 6) is 0.200. The van der Waals surface area contributed by atoms with Crippen LogP contribution >= 0.6 is 11.3 Å². The number of nitro groups is 1. The highest BCUT2D eigenvalue weighted by atomic mass is 32.2. The average molecular weight is 675 g/mol. The standard InChI is InChI=1S/C31H30N8O6S2/c40-20-19-37-15-17-38(18-16-37)30(41)25-3-2-14-32-29(25)34-22-8-12-24(13-9-22)47(44,45)36-31-35-27-5-1-4-26(28(27)46-31)33-21-6-10-23(11-7-21)39(42)43/h1-14,33,40H,15-20H2,(H,32,34)(H,35,36). The number of hydrogen-bond acceptors (Lipinski definition) is 12. The fourth-order valence-electron chi connectivity index (χ4n) is 5.10. The summed E-state index contributed by atoms with van der Waals surface area (Å²) in [5.41, 5.74) is 2.81. The van der Waals surface area contributed by atoms with E-state index < -0.39 is 14.9 Å². The molecule has 1 aliphatic heterocycles. The fourth-order valence-corrected chi connectivity index (χ4v) is 7.27. The lowest BCUT2D eigenvalue weighted by Gasteiger charge is -2.34. The number of thiazole rings is 1. The van der Waals surface area contributed by atoms with Crippen molar-refractivity contribution in [3.63, 3.8) is 0 Å². The third kappa shape index (κ3) is 7.30. The average Bonchev–Trinajstić information content (AvgIpc) is 3.48. The number of anilines is 5. The number of piperazine rings is 1. The molecule has 0 aliphatic carbocycles. The molecule has 2 aromatic heterocycles. The Morgan fingerprint density at radius 2 is 1.64 bits per heavy atom. The van der Waals surface area contributed by atoms with Gasteiger partial charge in [-0.15, -0.1) is 0 Å². The number of nitrogens with zero attached hydrogens (tertiary/aromatic N) is 5. The van der Waals surface area contributed by atoms with Gasteiger partial charge in [-0.25, -0.2) is 18.4 Å². The SMILES string of the molecule is O=C(c1cccnc1Nc1ccc(S(=O)(=O)Nc2nc3cccc(Nc4ccc([N+](=O)[O-])cc4)c3s2)cc1)N1CCN(CCO)CC1. The van der Waals surface area contributed by atoms with Gasteiger partial charge in [0.05, 0.1) is 37.9 Å². The van der Waals surface area contributed by atoms with Crippen LogP contribution in [0.3, 0.4) is 0 Å². The first-order valence-corrected chi connectivity index (χ1v) is 16.9. The number of fused-ring (bicyclic) bond motifs is 1. The van der Waals surface area contributed by atoms with E-state index in [4.69, 9.17) is 0 Å². The minimum atomic E-state index is -3.99. The van der Waals surface area contributed by atoms with E-state index in [0.29, 0.717) is 71.4 Å². The van der Waals surface area contributed by atoms with Gasteiger partial charge in [-0.3, -0.25) is 24.5 Å². The molecule has 16 heteroatoms. The van der Waals surface area contributed by atoms with Crippen molar-refractivity contribution in [2.75, 3.05) is 54.7 Å². The summed E-state index contributed by atoms with van der Waals surface area (Å²) in [6.07, 6.45) is 1.58. The number of amides is 1. The Hall–Kier alpha value is -5.16. The van der Waals surface area contributed by atoms with E-state index in [2.05, 4.69) is 30.2 Å². The molecule has 0 radical (unpaired) electrons. The Morgan fingerprint density at radius 3 is 2.34 bits per heavy atom. The van der Waals surface area contributed by atoms with Crippen molar-refractivity contribution in [1.82, 2.24) is 19.8 Å². The number of rotatable bonds is 11. The van der Waals surface area contributed by atoms with Gasteiger partial charge in [0.2, 0.25) is 0 Å². The molecule has 0 bridgehead atoms. The van der Waals surface area contributed by atoms with Gasteiger partial charge >= 0.3 is 0 Å². The lowest BCUT2D eigenvalue weighted by Crippen LogP contribution is -2.49. The Balaban J connectivity index is 1.13. The molecule has 47 heavy (non-hydrogen) atoms. The molecule has 0 unspecified atom stereocenters. The zero-order chi connectivity index (χ0) is 33.0. The molecule has 3 aromatic carbocycles. The topological polar surface area (TPSA) is 183 Å². The first kappa shape index (κ1) is 31.8. The van der Waals surface area contributed by atoms with Crippen LogP contribution in [0.5, 0.6) is 0 Å². The number of nitrogens with one attached hydrogen (secondary N) is 3. The lowest BCUT2D eigenvalue weighted by atomic mass is 10.2. The summed E-state index contributed by atoms with van der Waals surface area (Å²) in [6, 6.07) is 20.8. The monoisotopic (exact) mass is 674 g/mol. The second-order valence-electron chi connectivity index (χ2n) is 10.6. The van der Waals surface area contributed by atoms with E-state index in [0.717, 1.165) is 11.3 Å². The van der Waals surface area contributed by atoms with E-state index >= 15 is 0 Å². The highest BCUT2D eigenvalue weighted by Gasteiger charge is 2.24. The van der Waals surface area contributed by atoms with Crippen LogP contribution < -0.4 is 15.4 Å². The molecular weight excluding hydrogens is 645 g/mol. The van der Waals surface area contributed by atoms with Gasteiger partial charge in [0, 0.05) is 62.4 Å². The number of aliphatic hydroxyl groups is 1.